The summed E-state index contributed by atoms with van der Waals surface area (Å²) >= 11 is 0. The predicted molar refractivity (Wildman–Crippen MR) is 111 cm³/mol. The Labute approximate surface area is 166 Å². The minimum absolute atomic E-state index is 0.123. The molecule has 1 aliphatic rings. The van der Waals surface area contributed by atoms with E-state index in [2.05, 4.69) is 16.0 Å². The highest BCUT2D eigenvalue weighted by Crippen LogP contribution is 2.20. The van der Waals surface area contributed by atoms with Crippen molar-refractivity contribution >= 4 is 17.7 Å². The normalized spacial score (nSPS) is 14.1. The van der Waals surface area contributed by atoms with Crippen LogP contribution in [-0.2, 0) is 6.54 Å². The van der Waals surface area contributed by atoms with Crippen molar-refractivity contribution in [3.8, 4) is 0 Å². The quantitative estimate of drug-likeness (QED) is 0.703. The molecule has 4 amide bonds. The third kappa shape index (κ3) is 5.49. The van der Waals surface area contributed by atoms with Crippen molar-refractivity contribution in [1.82, 2.24) is 15.5 Å². The van der Waals surface area contributed by atoms with E-state index in [1.54, 1.807) is 11.9 Å². The molecule has 2 aromatic rings. The maximum Gasteiger partial charge on any atom is 0.319 e. The van der Waals surface area contributed by atoms with E-state index in [4.69, 9.17) is 0 Å². The van der Waals surface area contributed by atoms with Gasteiger partial charge in [0.25, 0.3) is 0 Å². The fourth-order valence-electron chi connectivity index (χ4n) is 2.93. The lowest BCUT2D eigenvalue weighted by molar-refractivity contribution is 0.203. The number of amides is 4. The molecule has 2 aromatic carbocycles. The van der Waals surface area contributed by atoms with Crippen LogP contribution in [-0.4, -0.2) is 30.1 Å². The summed E-state index contributed by atoms with van der Waals surface area (Å²) in [6, 6.07) is 15.5. The molecule has 0 aromatic heterocycles. The molecule has 1 fully saturated rings. The van der Waals surface area contributed by atoms with Crippen LogP contribution in [0, 0.1) is 6.92 Å². The Bertz CT molecular complexity index is 831. The van der Waals surface area contributed by atoms with Gasteiger partial charge in [-0.15, -0.1) is 0 Å². The van der Waals surface area contributed by atoms with E-state index in [1.807, 2.05) is 62.4 Å². The summed E-state index contributed by atoms with van der Waals surface area (Å²) in [4.78, 5) is 26.0. The zero-order valence-corrected chi connectivity index (χ0v) is 16.7. The van der Waals surface area contributed by atoms with Gasteiger partial charge in [0.1, 0.15) is 0 Å². The molecule has 3 N–H and O–H groups in total. The van der Waals surface area contributed by atoms with E-state index in [0.717, 1.165) is 29.7 Å². The predicted octanol–water partition coefficient (Wildman–Crippen LogP) is 4.18. The van der Waals surface area contributed by atoms with E-state index in [0.29, 0.717) is 12.6 Å². The number of nitrogens with zero attached hydrogens (tertiary/aromatic N) is 1. The fraction of sp³-hybridized carbons (Fsp3) is 0.364. The highest BCUT2D eigenvalue weighted by molar-refractivity contribution is 5.89. The second-order valence-corrected chi connectivity index (χ2v) is 7.45. The van der Waals surface area contributed by atoms with Crippen molar-refractivity contribution in [1.29, 1.82) is 0 Å². The van der Waals surface area contributed by atoms with E-state index >= 15 is 0 Å². The summed E-state index contributed by atoms with van der Waals surface area (Å²) in [6.07, 6.45) is 2.11. The van der Waals surface area contributed by atoms with Crippen LogP contribution in [0.5, 0.6) is 0 Å². The van der Waals surface area contributed by atoms with Crippen molar-refractivity contribution in [3.63, 3.8) is 0 Å². The van der Waals surface area contributed by atoms with E-state index in [1.165, 1.54) is 5.56 Å². The molecular weight excluding hydrogens is 352 g/mol. The van der Waals surface area contributed by atoms with Gasteiger partial charge in [-0.1, -0.05) is 36.4 Å². The van der Waals surface area contributed by atoms with Gasteiger partial charge in [0.05, 0.1) is 6.04 Å². The second-order valence-electron chi connectivity index (χ2n) is 7.45. The number of urea groups is 2. The first-order valence-electron chi connectivity index (χ1n) is 9.66. The molecule has 0 heterocycles. The number of carbonyl (C=O) groups excluding carboxylic acids is 2. The summed E-state index contributed by atoms with van der Waals surface area (Å²) in [7, 11) is 1.79. The van der Waals surface area contributed by atoms with E-state index in [9.17, 15) is 9.59 Å². The van der Waals surface area contributed by atoms with Gasteiger partial charge >= 0.3 is 12.1 Å². The van der Waals surface area contributed by atoms with Gasteiger partial charge in [0.15, 0.2) is 0 Å². The maximum absolute atomic E-state index is 12.5. The molecule has 0 aliphatic heterocycles. The first kappa shape index (κ1) is 19.7. The Kier molecular flexibility index (Phi) is 6.19. The van der Waals surface area contributed by atoms with Crippen LogP contribution >= 0.6 is 0 Å². The highest BCUT2D eigenvalue weighted by atomic mass is 16.2. The molecule has 148 valence electrons. The average molecular weight is 380 g/mol. The van der Waals surface area contributed by atoms with Crippen LogP contribution < -0.4 is 16.0 Å². The van der Waals surface area contributed by atoms with Gasteiger partial charge in [0, 0.05) is 25.3 Å². The monoisotopic (exact) mass is 380 g/mol. The van der Waals surface area contributed by atoms with Crippen molar-refractivity contribution in [2.75, 3.05) is 12.4 Å². The van der Waals surface area contributed by atoms with Gasteiger partial charge in [-0.3, -0.25) is 0 Å². The summed E-state index contributed by atoms with van der Waals surface area (Å²) in [5.41, 5.74) is 4.01. The molecular formula is C22H28N4O2. The maximum atomic E-state index is 12.5. The first-order valence-corrected chi connectivity index (χ1v) is 9.66. The molecule has 6 heteroatoms. The molecule has 6 nitrogen and oxygen atoms in total. The van der Waals surface area contributed by atoms with Gasteiger partial charge in [-0.2, -0.15) is 0 Å². The Morgan fingerprint density at radius 3 is 2.43 bits per heavy atom. The van der Waals surface area contributed by atoms with Gasteiger partial charge in [-0.25, -0.2) is 9.59 Å². The molecule has 0 saturated heterocycles. The Morgan fingerprint density at radius 2 is 1.79 bits per heavy atom. The number of carbonyl (C=O) groups is 2. The Morgan fingerprint density at radius 1 is 1.11 bits per heavy atom. The molecule has 28 heavy (non-hydrogen) atoms. The first-order chi connectivity index (χ1) is 13.4. The van der Waals surface area contributed by atoms with Gasteiger partial charge < -0.3 is 20.9 Å². The Hall–Kier alpha value is -3.02. The molecule has 3 rings (SSSR count). The number of aryl methyl sites for hydroxylation is 1. The van der Waals surface area contributed by atoms with Crippen molar-refractivity contribution in [3.05, 3.63) is 65.2 Å². The topological polar surface area (TPSA) is 73.5 Å². The number of nitrogens with one attached hydrogen (secondary N) is 3. The van der Waals surface area contributed by atoms with E-state index in [-0.39, 0.29) is 18.1 Å². The number of hydrogen-bond donors (Lipinski definition) is 3. The van der Waals surface area contributed by atoms with Gasteiger partial charge in [-0.05, 0) is 55.5 Å². The zero-order valence-electron chi connectivity index (χ0n) is 16.7. The lowest BCUT2D eigenvalue weighted by Crippen LogP contribution is -2.38. The van der Waals surface area contributed by atoms with Crippen LogP contribution in [0.15, 0.2) is 48.5 Å². The van der Waals surface area contributed by atoms with E-state index < -0.39 is 0 Å². The van der Waals surface area contributed by atoms with Crippen LogP contribution in [0.25, 0.3) is 0 Å². The number of anilines is 1. The molecule has 1 atom stereocenters. The molecule has 1 saturated carbocycles. The van der Waals surface area contributed by atoms with Crippen molar-refractivity contribution < 1.29 is 9.59 Å². The molecule has 1 unspecified atom stereocenters. The van der Waals surface area contributed by atoms with Crippen LogP contribution in [0.4, 0.5) is 15.3 Å². The van der Waals surface area contributed by atoms with Crippen LogP contribution in [0.2, 0.25) is 0 Å². The van der Waals surface area contributed by atoms with Crippen LogP contribution in [0.3, 0.4) is 0 Å². The van der Waals surface area contributed by atoms with Crippen molar-refractivity contribution in [2.45, 2.75) is 45.3 Å². The minimum atomic E-state index is -0.172. The molecule has 0 spiro atoms. The smallest absolute Gasteiger partial charge is 0.319 e. The second kappa shape index (κ2) is 8.78. The molecule has 0 bridgehead atoms. The third-order valence-electron chi connectivity index (χ3n) is 4.94. The Balaban J connectivity index is 1.51. The van der Waals surface area contributed by atoms with Gasteiger partial charge in [0.2, 0.25) is 0 Å². The number of rotatable bonds is 6. The minimum Gasteiger partial charge on any atom is -0.335 e. The largest absolute Gasteiger partial charge is 0.335 e. The molecule has 0 radical (unpaired) electrons. The summed E-state index contributed by atoms with van der Waals surface area (Å²) in [5.74, 6) is 0. The SMILES string of the molecule is Cc1ccccc1CN(C)C(=O)NC(C)c1ccc(NC(=O)NC2CC2)cc1. The highest BCUT2D eigenvalue weighted by Gasteiger charge is 2.23. The average Bonchev–Trinajstić information content (AvgIpc) is 3.47. The number of hydrogen-bond acceptors (Lipinski definition) is 2. The summed E-state index contributed by atoms with van der Waals surface area (Å²) < 4.78 is 0. The van der Waals surface area contributed by atoms with Crippen molar-refractivity contribution in [2.24, 2.45) is 0 Å². The fourth-order valence-corrected chi connectivity index (χ4v) is 2.93. The lowest BCUT2D eigenvalue weighted by Gasteiger charge is -2.22. The lowest BCUT2D eigenvalue weighted by atomic mass is 10.1. The summed E-state index contributed by atoms with van der Waals surface area (Å²) in [5, 5.41) is 8.73. The zero-order chi connectivity index (χ0) is 20.1. The third-order valence-corrected chi connectivity index (χ3v) is 4.94. The standard InChI is InChI=1S/C22H28N4O2/c1-15-6-4-5-7-18(15)14-26(3)22(28)23-16(2)17-8-10-19(11-9-17)24-21(27)25-20-12-13-20/h4-11,16,20H,12-14H2,1-3H3,(H,23,28)(H2,24,25,27). The summed E-state index contributed by atoms with van der Waals surface area (Å²) in [6.45, 7) is 4.55. The number of benzene rings is 2. The van der Waals surface area contributed by atoms with Crippen LogP contribution in [0.1, 0.15) is 42.5 Å². The molecule has 1 aliphatic carbocycles.